The first-order valence-electron chi connectivity index (χ1n) is 13.0. The van der Waals surface area contributed by atoms with Crippen LogP contribution in [0.1, 0.15) is 34.6 Å². The van der Waals surface area contributed by atoms with Crippen molar-refractivity contribution in [3.63, 3.8) is 0 Å². The first kappa shape index (κ1) is 25.3. The summed E-state index contributed by atoms with van der Waals surface area (Å²) in [6, 6.07) is 18.9. The monoisotopic (exact) mass is 535 g/mol. The van der Waals surface area contributed by atoms with Gasteiger partial charge in [-0.2, -0.15) is 13.2 Å². The van der Waals surface area contributed by atoms with Crippen LogP contribution < -0.4 is 9.47 Å². The third-order valence-electron chi connectivity index (χ3n) is 7.56. The number of aromatic nitrogens is 1. The normalized spacial score (nSPS) is 16.5. The highest BCUT2D eigenvalue weighted by atomic mass is 19.4. The maximum atomic E-state index is 13.5. The van der Waals surface area contributed by atoms with Crippen LogP contribution in [0.2, 0.25) is 0 Å². The van der Waals surface area contributed by atoms with E-state index in [1.165, 1.54) is 12.1 Å². The fourth-order valence-corrected chi connectivity index (χ4v) is 5.48. The summed E-state index contributed by atoms with van der Waals surface area (Å²) in [6.07, 6.45) is -2.56. The van der Waals surface area contributed by atoms with Gasteiger partial charge in [-0.05, 0) is 41.0 Å². The molecule has 1 aromatic heterocycles. The minimum Gasteiger partial charge on any atom is -0.454 e. The van der Waals surface area contributed by atoms with Crippen LogP contribution in [0.15, 0.2) is 72.9 Å². The van der Waals surface area contributed by atoms with E-state index in [2.05, 4.69) is 9.88 Å². The SMILES string of the molecule is O=C(C[C@@H](c1cccc(C(F)(F)F)c1)c1c[nH]c2ccccc12)N1CCN(Cc2ccc3c(c2)OCO3)CC1. The molecule has 9 heteroatoms. The Kier molecular flexibility index (Phi) is 6.68. The average Bonchev–Trinajstić information content (AvgIpc) is 3.58. The lowest BCUT2D eigenvalue weighted by Crippen LogP contribution is -2.48. The zero-order valence-electron chi connectivity index (χ0n) is 21.2. The van der Waals surface area contributed by atoms with E-state index in [1.54, 1.807) is 6.07 Å². The number of halogens is 3. The summed E-state index contributed by atoms with van der Waals surface area (Å²) < 4.78 is 51.5. The van der Waals surface area contributed by atoms with E-state index >= 15 is 0 Å². The van der Waals surface area contributed by atoms with E-state index in [0.717, 1.165) is 46.1 Å². The van der Waals surface area contributed by atoms with Crippen molar-refractivity contribution in [1.82, 2.24) is 14.8 Å². The second kappa shape index (κ2) is 10.3. The minimum atomic E-state index is -4.46. The second-order valence-electron chi connectivity index (χ2n) is 10.0. The lowest BCUT2D eigenvalue weighted by atomic mass is 9.87. The van der Waals surface area contributed by atoms with Crippen molar-refractivity contribution >= 4 is 16.8 Å². The molecule has 6 rings (SSSR count). The Bertz CT molecular complexity index is 1490. The fraction of sp³-hybridized carbons (Fsp3) is 0.300. The Balaban J connectivity index is 1.18. The van der Waals surface area contributed by atoms with E-state index in [0.29, 0.717) is 31.7 Å². The number of carbonyl (C=O) groups excluding carboxylic acids is 1. The second-order valence-corrected chi connectivity index (χ2v) is 10.0. The van der Waals surface area contributed by atoms with Crippen molar-refractivity contribution in [2.24, 2.45) is 0 Å². The van der Waals surface area contributed by atoms with Crippen LogP contribution in [0.4, 0.5) is 13.2 Å². The smallest absolute Gasteiger partial charge is 0.416 e. The van der Waals surface area contributed by atoms with Crippen molar-refractivity contribution in [2.75, 3.05) is 33.0 Å². The van der Waals surface area contributed by atoms with Gasteiger partial charge in [-0.25, -0.2) is 0 Å². The number of hydrogen-bond donors (Lipinski definition) is 1. The number of rotatable bonds is 6. The number of para-hydroxylation sites is 1. The Labute approximate surface area is 223 Å². The number of H-pyrrole nitrogens is 1. The van der Waals surface area contributed by atoms with Crippen molar-refractivity contribution in [3.8, 4) is 11.5 Å². The summed E-state index contributed by atoms with van der Waals surface area (Å²) >= 11 is 0. The molecule has 0 saturated carbocycles. The van der Waals surface area contributed by atoms with E-state index in [9.17, 15) is 18.0 Å². The van der Waals surface area contributed by atoms with Gasteiger partial charge in [0.15, 0.2) is 11.5 Å². The molecule has 2 aliphatic heterocycles. The maximum absolute atomic E-state index is 13.5. The molecule has 6 nitrogen and oxygen atoms in total. The first-order valence-corrected chi connectivity index (χ1v) is 13.0. The number of piperazine rings is 1. The highest BCUT2D eigenvalue weighted by Crippen LogP contribution is 2.37. The molecule has 0 radical (unpaired) electrons. The van der Waals surface area contributed by atoms with Crippen molar-refractivity contribution in [3.05, 3.63) is 95.2 Å². The Morgan fingerprint density at radius 3 is 2.54 bits per heavy atom. The number of ether oxygens (including phenoxy) is 2. The molecule has 2 aliphatic rings. The highest BCUT2D eigenvalue weighted by Gasteiger charge is 2.32. The van der Waals surface area contributed by atoms with Crippen LogP contribution in [-0.2, 0) is 17.5 Å². The quantitative estimate of drug-likeness (QED) is 0.340. The molecular formula is C30H28F3N3O3. The molecule has 1 fully saturated rings. The summed E-state index contributed by atoms with van der Waals surface area (Å²) in [5.74, 6) is 0.923. The zero-order chi connectivity index (χ0) is 27.0. The van der Waals surface area contributed by atoms with Gasteiger partial charge in [0.1, 0.15) is 0 Å². The van der Waals surface area contributed by atoms with Crippen LogP contribution in [0, 0.1) is 0 Å². The van der Waals surface area contributed by atoms with E-state index in [1.807, 2.05) is 53.6 Å². The van der Waals surface area contributed by atoms with Gasteiger partial charge in [0.25, 0.3) is 0 Å². The van der Waals surface area contributed by atoms with Crippen molar-refractivity contribution in [2.45, 2.75) is 25.1 Å². The molecule has 0 spiro atoms. The highest BCUT2D eigenvalue weighted by molar-refractivity contribution is 5.86. The average molecular weight is 536 g/mol. The van der Waals surface area contributed by atoms with Gasteiger partial charge in [0.2, 0.25) is 12.7 Å². The number of nitrogens with zero attached hydrogens (tertiary/aromatic N) is 2. The van der Waals surface area contributed by atoms with Gasteiger partial charge in [0, 0.05) is 62.2 Å². The summed E-state index contributed by atoms with van der Waals surface area (Å²) in [5, 5.41) is 0.904. The molecule has 0 unspecified atom stereocenters. The van der Waals surface area contributed by atoms with Crippen LogP contribution in [-0.4, -0.2) is 53.7 Å². The molecule has 1 saturated heterocycles. The molecule has 202 valence electrons. The van der Waals surface area contributed by atoms with Crippen molar-refractivity contribution in [1.29, 1.82) is 0 Å². The van der Waals surface area contributed by atoms with Crippen LogP contribution in [0.5, 0.6) is 11.5 Å². The van der Waals surface area contributed by atoms with Crippen LogP contribution >= 0.6 is 0 Å². The minimum absolute atomic E-state index is 0.0644. The number of aromatic amines is 1. The number of amides is 1. The standard InChI is InChI=1S/C30H28F3N3O3/c31-30(32,33)22-5-3-4-21(15-22)24(25-17-34-26-7-2-1-6-23(25)26)16-29(37)36-12-10-35(11-13-36)18-20-8-9-27-28(14-20)39-19-38-27/h1-9,14-15,17,24,34H,10-13,16,18-19H2/t24-/m0/s1. The van der Waals surface area contributed by atoms with Gasteiger partial charge in [-0.1, -0.05) is 42.5 Å². The summed E-state index contributed by atoms with van der Waals surface area (Å²) in [4.78, 5) is 20.9. The van der Waals surface area contributed by atoms with Gasteiger partial charge in [-0.15, -0.1) is 0 Å². The maximum Gasteiger partial charge on any atom is 0.416 e. The molecule has 0 aliphatic carbocycles. The number of nitrogens with one attached hydrogen (secondary N) is 1. The predicted molar refractivity (Wildman–Crippen MR) is 141 cm³/mol. The first-order chi connectivity index (χ1) is 18.8. The molecule has 3 aromatic carbocycles. The number of hydrogen-bond acceptors (Lipinski definition) is 4. The molecule has 1 atom stereocenters. The topological polar surface area (TPSA) is 57.8 Å². The summed E-state index contributed by atoms with van der Waals surface area (Å²) in [7, 11) is 0. The van der Waals surface area contributed by atoms with Gasteiger partial charge < -0.3 is 19.4 Å². The molecule has 1 N–H and O–H groups in total. The summed E-state index contributed by atoms with van der Waals surface area (Å²) in [5.41, 5.74) is 2.58. The fourth-order valence-electron chi connectivity index (χ4n) is 5.48. The number of carbonyl (C=O) groups is 1. The number of alkyl halides is 3. The Morgan fingerprint density at radius 2 is 1.72 bits per heavy atom. The molecule has 1 amide bonds. The van der Waals surface area contributed by atoms with E-state index in [-0.39, 0.29) is 19.1 Å². The van der Waals surface area contributed by atoms with Gasteiger partial charge in [0.05, 0.1) is 5.56 Å². The third kappa shape index (κ3) is 5.31. The summed E-state index contributed by atoms with van der Waals surface area (Å²) in [6.45, 7) is 3.52. The van der Waals surface area contributed by atoms with Gasteiger partial charge >= 0.3 is 6.18 Å². The largest absolute Gasteiger partial charge is 0.454 e. The number of fused-ring (bicyclic) bond motifs is 2. The third-order valence-corrected chi connectivity index (χ3v) is 7.56. The van der Waals surface area contributed by atoms with Crippen LogP contribution in [0.25, 0.3) is 10.9 Å². The Morgan fingerprint density at radius 1 is 0.923 bits per heavy atom. The van der Waals surface area contributed by atoms with E-state index < -0.39 is 17.7 Å². The molecule has 0 bridgehead atoms. The number of benzene rings is 3. The molecule has 39 heavy (non-hydrogen) atoms. The van der Waals surface area contributed by atoms with Crippen molar-refractivity contribution < 1.29 is 27.4 Å². The lowest BCUT2D eigenvalue weighted by Gasteiger charge is -2.35. The van der Waals surface area contributed by atoms with E-state index in [4.69, 9.17) is 9.47 Å². The zero-order valence-corrected chi connectivity index (χ0v) is 21.2. The molecule has 3 heterocycles. The molecular weight excluding hydrogens is 507 g/mol. The molecule has 4 aromatic rings. The van der Waals surface area contributed by atoms with Gasteiger partial charge in [-0.3, -0.25) is 9.69 Å². The predicted octanol–water partition coefficient (Wildman–Crippen LogP) is 5.78. The lowest BCUT2D eigenvalue weighted by molar-refractivity contribution is -0.137. The van der Waals surface area contributed by atoms with Crippen LogP contribution in [0.3, 0.4) is 0 Å². The Hall–Kier alpha value is -3.98.